The first-order valence-electron chi connectivity index (χ1n) is 9.28. The Balaban J connectivity index is 1.63. The van der Waals surface area contributed by atoms with Gasteiger partial charge in [0.1, 0.15) is 5.69 Å². The summed E-state index contributed by atoms with van der Waals surface area (Å²) in [5, 5.41) is 6.76. The van der Waals surface area contributed by atoms with Crippen molar-refractivity contribution in [3.05, 3.63) is 82.1 Å². The highest BCUT2D eigenvalue weighted by Gasteiger charge is 2.10. The predicted octanol–water partition coefficient (Wildman–Crippen LogP) is 4.72. The zero-order valence-electron chi connectivity index (χ0n) is 16.0. The Labute approximate surface area is 170 Å². The van der Waals surface area contributed by atoms with Gasteiger partial charge in [-0.05, 0) is 61.2 Å². The van der Waals surface area contributed by atoms with Crippen LogP contribution in [0.15, 0.2) is 54.6 Å². The molecule has 5 nitrogen and oxygen atoms in total. The molecular weight excluding hydrogens is 372 g/mol. The maximum Gasteiger partial charge on any atom is 0.270 e. The van der Waals surface area contributed by atoms with Crippen molar-refractivity contribution in [3.8, 4) is 0 Å². The number of aromatic nitrogens is 2. The summed E-state index contributed by atoms with van der Waals surface area (Å²) in [6, 6.07) is 17.4. The van der Waals surface area contributed by atoms with Gasteiger partial charge < -0.3 is 10.6 Å². The van der Waals surface area contributed by atoms with Crippen LogP contribution in [-0.2, 0) is 12.8 Å². The molecule has 3 aromatic rings. The Morgan fingerprint density at radius 3 is 2.54 bits per heavy atom. The Bertz CT molecular complexity index is 957. The maximum atomic E-state index is 12.5. The lowest BCUT2D eigenvalue weighted by molar-refractivity contribution is 0.0949. The van der Waals surface area contributed by atoms with Gasteiger partial charge in [-0.1, -0.05) is 42.8 Å². The fraction of sp³-hybridized carbons (Fsp3) is 0.227. The molecule has 2 N–H and O–H groups in total. The summed E-state index contributed by atoms with van der Waals surface area (Å²) in [6.07, 6.45) is 1.69. The van der Waals surface area contributed by atoms with E-state index < -0.39 is 0 Å². The normalized spacial score (nSPS) is 10.5. The molecule has 0 aliphatic rings. The van der Waals surface area contributed by atoms with Gasteiger partial charge in [0.25, 0.3) is 5.91 Å². The van der Waals surface area contributed by atoms with Crippen molar-refractivity contribution in [2.45, 2.75) is 26.7 Å². The summed E-state index contributed by atoms with van der Waals surface area (Å²) in [6.45, 7) is 4.46. The van der Waals surface area contributed by atoms with Crippen LogP contribution in [0.3, 0.4) is 0 Å². The van der Waals surface area contributed by atoms with E-state index in [9.17, 15) is 4.79 Å². The van der Waals surface area contributed by atoms with E-state index >= 15 is 0 Å². The molecule has 3 rings (SSSR count). The van der Waals surface area contributed by atoms with Crippen LogP contribution < -0.4 is 10.6 Å². The number of rotatable bonds is 7. The van der Waals surface area contributed by atoms with E-state index in [1.54, 1.807) is 6.07 Å². The zero-order chi connectivity index (χ0) is 19.9. The minimum absolute atomic E-state index is 0.225. The lowest BCUT2D eigenvalue weighted by Crippen LogP contribution is -2.27. The third-order valence-electron chi connectivity index (χ3n) is 4.29. The van der Waals surface area contributed by atoms with Gasteiger partial charge in [0.15, 0.2) is 0 Å². The van der Waals surface area contributed by atoms with Gasteiger partial charge in [0.05, 0.1) is 0 Å². The van der Waals surface area contributed by atoms with Crippen LogP contribution in [0.1, 0.15) is 34.2 Å². The van der Waals surface area contributed by atoms with E-state index in [0.29, 0.717) is 29.6 Å². The fourth-order valence-corrected chi connectivity index (χ4v) is 3.01. The quantitative estimate of drug-likeness (QED) is 0.608. The second-order valence-electron chi connectivity index (χ2n) is 6.53. The van der Waals surface area contributed by atoms with E-state index in [4.69, 9.17) is 11.6 Å². The molecular formula is C22H23ClN4O. The van der Waals surface area contributed by atoms with Crippen LogP contribution in [0.4, 0.5) is 11.6 Å². The van der Waals surface area contributed by atoms with Gasteiger partial charge in [0.2, 0.25) is 5.95 Å². The fourth-order valence-electron chi connectivity index (χ4n) is 2.80. The summed E-state index contributed by atoms with van der Waals surface area (Å²) in [7, 11) is 0. The summed E-state index contributed by atoms with van der Waals surface area (Å²) in [5.41, 5.74) is 4.28. The largest absolute Gasteiger partial charge is 0.350 e. The number of benzene rings is 2. The van der Waals surface area contributed by atoms with Crippen molar-refractivity contribution >= 4 is 29.1 Å². The van der Waals surface area contributed by atoms with Crippen LogP contribution in [0.2, 0.25) is 5.02 Å². The molecule has 0 aliphatic heterocycles. The molecule has 2 aromatic carbocycles. The summed E-state index contributed by atoms with van der Waals surface area (Å²) in [5.74, 6) is 0.182. The molecule has 6 heteroatoms. The second-order valence-corrected chi connectivity index (χ2v) is 6.97. The SMILES string of the molecule is CCc1ccc(Nc2nc(C)cc(C(=O)NCCc3cccc(Cl)c3)n2)cc1. The first kappa shape index (κ1) is 19.8. The summed E-state index contributed by atoms with van der Waals surface area (Å²) < 4.78 is 0. The molecule has 0 spiro atoms. The molecule has 0 aliphatic carbocycles. The van der Waals surface area contributed by atoms with Crippen LogP contribution in [0, 0.1) is 6.92 Å². The Morgan fingerprint density at radius 1 is 1.04 bits per heavy atom. The van der Waals surface area contributed by atoms with Gasteiger partial charge in [0, 0.05) is 22.9 Å². The Hall–Kier alpha value is -2.92. The highest BCUT2D eigenvalue weighted by Crippen LogP contribution is 2.15. The number of nitrogens with zero attached hydrogens (tertiary/aromatic N) is 2. The molecule has 0 atom stereocenters. The number of halogens is 1. The molecule has 1 aromatic heterocycles. The van der Waals surface area contributed by atoms with Gasteiger partial charge >= 0.3 is 0 Å². The van der Waals surface area contributed by atoms with Crippen LogP contribution in [0.25, 0.3) is 0 Å². The summed E-state index contributed by atoms with van der Waals surface area (Å²) in [4.78, 5) is 21.2. The number of anilines is 2. The Kier molecular flexibility index (Phi) is 6.61. The van der Waals surface area contributed by atoms with Crippen molar-refractivity contribution < 1.29 is 4.79 Å². The van der Waals surface area contributed by atoms with Gasteiger partial charge in [-0.15, -0.1) is 0 Å². The molecule has 1 amide bonds. The number of carbonyl (C=O) groups is 1. The molecule has 0 saturated carbocycles. The highest BCUT2D eigenvalue weighted by molar-refractivity contribution is 6.30. The van der Waals surface area contributed by atoms with Gasteiger partial charge in [-0.25, -0.2) is 9.97 Å². The monoisotopic (exact) mass is 394 g/mol. The van der Waals surface area contributed by atoms with Crippen molar-refractivity contribution in [2.75, 3.05) is 11.9 Å². The smallest absolute Gasteiger partial charge is 0.270 e. The van der Waals surface area contributed by atoms with E-state index in [1.807, 2.05) is 43.3 Å². The number of aryl methyl sites for hydroxylation is 2. The Morgan fingerprint density at radius 2 is 1.82 bits per heavy atom. The number of carbonyl (C=O) groups excluding carboxylic acids is 1. The average Bonchev–Trinajstić information content (AvgIpc) is 2.68. The highest BCUT2D eigenvalue weighted by atomic mass is 35.5. The molecule has 0 radical (unpaired) electrons. The van der Waals surface area contributed by atoms with E-state index in [2.05, 4.69) is 39.7 Å². The van der Waals surface area contributed by atoms with Crippen LogP contribution in [0.5, 0.6) is 0 Å². The average molecular weight is 395 g/mol. The number of nitrogens with one attached hydrogen (secondary N) is 2. The maximum absolute atomic E-state index is 12.5. The van der Waals surface area contributed by atoms with Crippen LogP contribution >= 0.6 is 11.6 Å². The van der Waals surface area contributed by atoms with Crippen LogP contribution in [-0.4, -0.2) is 22.4 Å². The van der Waals surface area contributed by atoms with Gasteiger partial charge in [-0.3, -0.25) is 4.79 Å². The summed E-state index contributed by atoms with van der Waals surface area (Å²) >= 11 is 5.99. The van der Waals surface area contributed by atoms with Crippen molar-refractivity contribution in [1.82, 2.24) is 15.3 Å². The van der Waals surface area contributed by atoms with E-state index in [-0.39, 0.29) is 5.91 Å². The minimum Gasteiger partial charge on any atom is -0.350 e. The molecule has 1 heterocycles. The number of hydrogen-bond donors (Lipinski definition) is 2. The number of amides is 1. The molecule has 0 fully saturated rings. The van der Waals surface area contributed by atoms with E-state index in [0.717, 1.165) is 23.4 Å². The lowest BCUT2D eigenvalue weighted by Gasteiger charge is -2.09. The molecule has 0 unspecified atom stereocenters. The molecule has 28 heavy (non-hydrogen) atoms. The van der Waals surface area contributed by atoms with Crippen molar-refractivity contribution in [1.29, 1.82) is 0 Å². The first-order chi connectivity index (χ1) is 13.5. The van der Waals surface area contributed by atoms with Crippen molar-refractivity contribution in [2.24, 2.45) is 0 Å². The number of hydrogen-bond acceptors (Lipinski definition) is 4. The standard InChI is InChI=1S/C22H23ClN4O/c1-3-16-7-9-19(10-8-16)26-22-25-15(2)13-20(27-22)21(28)24-12-11-17-5-4-6-18(23)14-17/h4-10,13-14H,3,11-12H2,1-2H3,(H,24,28)(H,25,26,27). The predicted molar refractivity (Wildman–Crippen MR) is 113 cm³/mol. The first-order valence-corrected chi connectivity index (χ1v) is 9.65. The lowest BCUT2D eigenvalue weighted by atomic mass is 10.1. The second kappa shape index (κ2) is 9.33. The van der Waals surface area contributed by atoms with Gasteiger partial charge in [-0.2, -0.15) is 0 Å². The topological polar surface area (TPSA) is 66.9 Å². The zero-order valence-corrected chi connectivity index (χ0v) is 16.8. The molecule has 0 bridgehead atoms. The minimum atomic E-state index is -0.225. The van der Waals surface area contributed by atoms with Crippen molar-refractivity contribution in [3.63, 3.8) is 0 Å². The third kappa shape index (κ3) is 5.54. The van der Waals surface area contributed by atoms with E-state index in [1.165, 1.54) is 5.56 Å². The molecule has 0 saturated heterocycles. The molecule has 144 valence electrons. The third-order valence-corrected chi connectivity index (χ3v) is 4.53.